The third-order valence-electron chi connectivity index (χ3n) is 3.82. The van der Waals surface area contributed by atoms with Crippen LogP contribution in [0.3, 0.4) is 0 Å². The van der Waals surface area contributed by atoms with Crippen LogP contribution >= 0.6 is 12.2 Å². The Labute approximate surface area is 115 Å². The van der Waals surface area contributed by atoms with Crippen molar-refractivity contribution in [2.45, 2.75) is 45.6 Å². The predicted molar refractivity (Wildman–Crippen MR) is 82.1 cm³/mol. The molecule has 0 unspecified atom stereocenters. The first-order chi connectivity index (χ1) is 8.56. The van der Waals surface area contributed by atoms with Crippen LogP contribution in [0.25, 0.3) is 0 Å². The molecule has 0 aromatic heterocycles. The number of hydrogen-bond donors (Lipinski definition) is 2. The molecule has 1 aliphatic rings. The standard InChI is InChI=1S/C15H22N2S/c1-10-3-6-12(7-4-10)17-14-8-5-11(2)9-13(14)15(16)18/h5,8-10,12,17H,3-4,6-7H2,1-2H3,(H2,16,18). The second-order valence-electron chi connectivity index (χ2n) is 5.51. The molecule has 1 fully saturated rings. The smallest absolute Gasteiger partial charge is 0.106 e. The Bertz CT molecular complexity index is 434. The number of rotatable bonds is 3. The molecule has 2 rings (SSSR count). The van der Waals surface area contributed by atoms with Gasteiger partial charge in [0.2, 0.25) is 0 Å². The zero-order valence-electron chi connectivity index (χ0n) is 11.2. The van der Waals surface area contributed by atoms with Crippen molar-refractivity contribution in [2.75, 3.05) is 5.32 Å². The Balaban J connectivity index is 2.11. The molecule has 1 aliphatic carbocycles. The molecule has 0 radical (unpaired) electrons. The van der Waals surface area contributed by atoms with Crippen LogP contribution in [0.1, 0.15) is 43.7 Å². The molecule has 0 amide bonds. The van der Waals surface area contributed by atoms with Crippen LogP contribution in [0, 0.1) is 12.8 Å². The Morgan fingerprint density at radius 3 is 2.56 bits per heavy atom. The number of nitrogens with one attached hydrogen (secondary N) is 1. The van der Waals surface area contributed by atoms with Gasteiger partial charge in [-0.3, -0.25) is 0 Å². The minimum atomic E-state index is 0.477. The van der Waals surface area contributed by atoms with E-state index in [1.165, 1.54) is 31.2 Å². The molecular weight excluding hydrogens is 240 g/mol. The van der Waals surface area contributed by atoms with Crippen molar-refractivity contribution in [3.63, 3.8) is 0 Å². The van der Waals surface area contributed by atoms with Gasteiger partial charge in [-0.1, -0.05) is 30.8 Å². The summed E-state index contributed by atoms with van der Waals surface area (Å²) in [5, 5.41) is 3.61. The Kier molecular flexibility index (Phi) is 4.23. The lowest BCUT2D eigenvalue weighted by molar-refractivity contribution is 0.361. The van der Waals surface area contributed by atoms with Gasteiger partial charge in [0.25, 0.3) is 0 Å². The van der Waals surface area contributed by atoms with E-state index >= 15 is 0 Å². The maximum absolute atomic E-state index is 5.80. The molecule has 0 spiro atoms. The summed E-state index contributed by atoms with van der Waals surface area (Å²) >= 11 is 5.13. The van der Waals surface area contributed by atoms with Gasteiger partial charge in [0.15, 0.2) is 0 Å². The SMILES string of the molecule is Cc1ccc(NC2CCC(C)CC2)c(C(N)=S)c1. The van der Waals surface area contributed by atoms with Crippen molar-refractivity contribution in [1.82, 2.24) is 0 Å². The molecule has 0 bridgehead atoms. The van der Waals surface area contributed by atoms with E-state index in [-0.39, 0.29) is 0 Å². The molecular formula is C15H22N2S. The third kappa shape index (κ3) is 3.22. The summed E-state index contributed by atoms with van der Waals surface area (Å²) in [7, 11) is 0. The maximum Gasteiger partial charge on any atom is 0.106 e. The summed E-state index contributed by atoms with van der Waals surface area (Å²) < 4.78 is 0. The summed E-state index contributed by atoms with van der Waals surface area (Å²) in [6, 6.07) is 6.84. The number of benzene rings is 1. The van der Waals surface area contributed by atoms with Gasteiger partial charge in [0.05, 0.1) is 0 Å². The van der Waals surface area contributed by atoms with E-state index in [0.717, 1.165) is 17.2 Å². The van der Waals surface area contributed by atoms with Gasteiger partial charge in [-0.2, -0.15) is 0 Å². The van der Waals surface area contributed by atoms with Crippen molar-refractivity contribution in [3.05, 3.63) is 29.3 Å². The average molecular weight is 262 g/mol. The van der Waals surface area contributed by atoms with Crippen LogP contribution in [0.4, 0.5) is 5.69 Å². The van der Waals surface area contributed by atoms with E-state index in [1.807, 2.05) is 0 Å². The van der Waals surface area contributed by atoms with Gasteiger partial charge < -0.3 is 11.1 Å². The summed E-state index contributed by atoms with van der Waals surface area (Å²) in [5.74, 6) is 0.871. The van der Waals surface area contributed by atoms with Crippen molar-refractivity contribution in [1.29, 1.82) is 0 Å². The van der Waals surface area contributed by atoms with Gasteiger partial charge in [-0.05, 0) is 50.7 Å². The van der Waals surface area contributed by atoms with Gasteiger partial charge in [-0.25, -0.2) is 0 Å². The molecule has 0 atom stereocenters. The van der Waals surface area contributed by atoms with E-state index in [4.69, 9.17) is 18.0 Å². The fraction of sp³-hybridized carbons (Fsp3) is 0.533. The first-order valence-electron chi connectivity index (χ1n) is 6.73. The second kappa shape index (κ2) is 5.70. The van der Waals surface area contributed by atoms with Crippen LogP contribution in [-0.2, 0) is 0 Å². The molecule has 2 nitrogen and oxygen atoms in total. The first-order valence-corrected chi connectivity index (χ1v) is 7.14. The summed E-state index contributed by atoms with van der Waals surface area (Å²) in [6.45, 7) is 4.40. The normalized spacial score (nSPS) is 23.7. The molecule has 1 aromatic rings. The molecule has 98 valence electrons. The number of nitrogens with two attached hydrogens (primary N) is 1. The molecule has 0 heterocycles. The minimum Gasteiger partial charge on any atom is -0.389 e. The van der Waals surface area contributed by atoms with E-state index in [0.29, 0.717) is 11.0 Å². The molecule has 1 saturated carbocycles. The lowest BCUT2D eigenvalue weighted by Gasteiger charge is -2.28. The van der Waals surface area contributed by atoms with Crippen molar-refractivity contribution in [3.8, 4) is 0 Å². The highest BCUT2D eigenvalue weighted by atomic mass is 32.1. The van der Waals surface area contributed by atoms with E-state index in [1.54, 1.807) is 0 Å². The van der Waals surface area contributed by atoms with Crippen LogP contribution in [0.15, 0.2) is 18.2 Å². The highest BCUT2D eigenvalue weighted by Gasteiger charge is 2.19. The fourth-order valence-electron chi connectivity index (χ4n) is 2.61. The Morgan fingerprint density at radius 1 is 1.28 bits per heavy atom. The molecule has 0 aliphatic heterocycles. The van der Waals surface area contributed by atoms with Gasteiger partial charge in [0, 0.05) is 17.3 Å². The van der Waals surface area contributed by atoms with Crippen LogP contribution in [0.5, 0.6) is 0 Å². The topological polar surface area (TPSA) is 38.0 Å². The highest BCUT2D eigenvalue weighted by Crippen LogP contribution is 2.27. The molecule has 18 heavy (non-hydrogen) atoms. The largest absolute Gasteiger partial charge is 0.389 e. The number of thiocarbonyl (C=S) groups is 1. The van der Waals surface area contributed by atoms with E-state index in [2.05, 4.69) is 37.4 Å². The lowest BCUT2D eigenvalue weighted by atomic mass is 9.87. The van der Waals surface area contributed by atoms with Crippen LogP contribution in [0.2, 0.25) is 0 Å². The quantitative estimate of drug-likeness (QED) is 0.817. The Morgan fingerprint density at radius 2 is 1.94 bits per heavy atom. The lowest BCUT2D eigenvalue weighted by Crippen LogP contribution is -2.26. The van der Waals surface area contributed by atoms with Gasteiger partial charge in [0.1, 0.15) is 4.99 Å². The highest BCUT2D eigenvalue weighted by molar-refractivity contribution is 7.80. The van der Waals surface area contributed by atoms with E-state index in [9.17, 15) is 0 Å². The average Bonchev–Trinajstić information content (AvgIpc) is 2.34. The summed E-state index contributed by atoms with van der Waals surface area (Å²) in [6.07, 6.45) is 5.11. The zero-order chi connectivity index (χ0) is 13.1. The van der Waals surface area contributed by atoms with Crippen molar-refractivity contribution in [2.24, 2.45) is 11.7 Å². The van der Waals surface area contributed by atoms with Crippen LogP contribution < -0.4 is 11.1 Å². The Hall–Kier alpha value is -1.09. The first kappa shape index (κ1) is 13.3. The van der Waals surface area contributed by atoms with E-state index < -0.39 is 0 Å². The van der Waals surface area contributed by atoms with Gasteiger partial charge in [-0.15, -0.1) is 0 Å². The zero-order valence-corrected chi connectivity index (χ0v) is 12.0. The van der Waals surface area contributed by atoms with Gasteiger partial charge >= 0.3 is 0 Å². The summed E-state index contributed by atoms with van der Waals surface area (Å²) in [5.41, 5.74) is 9.06. The maximum atomic E-state index is 5.80. The monoisotopic (exact) mass is 262 g/mol. The number of aryl methyl sites for hydroxylation is 1. The fourth-order valence-corrected chi connectivity index (χ4v) is 2.78. The van der Waals surface area contributed by atoms with Crippen molar-refractivity contribution < 1.29 is 0 Å². The minimum absolute atomic E-state index is 0.477. The number of anilines is 1. The summed E-state index contributed by atoms with van der Waals surface area (Å²) in [4.78, 5) is 0.477. The molecule has 3 N–H and O–H groups in total. The third-order valence-corrected chi connectivity index (χ3v) is 4.04. The number of hydrogen-bond acceptors (Lipinski definition) is 2. The molecule has 3 heteroatoms. The second-order valence-corrected chi connectivity index (χ2v) is 5.95. The molecule has 1 aromatic carbocycles. The predicted octanol–water partition coefficient (Wildman–Crippen LogP) is 3.62. The van der Waals surface area contributed by atoms with Crippen LogP contribution in [-0.4, -0.2) is 11.0 Å². The van der Waals surface area contributed by atoms with Crippen molar-refractivity contribution >= 4 is 22.9 Å². The molecule has 0 saturated heterocycles.